The first-order valence-electron chi connectivity index (χ1n) is 27.1. The summed E-state index contributed by atoms with van der Waals surface area (Å²) in [5.74, 6) is -1.24. The normalized spacial score (nSPS) is 20.5. The smallest absolute Gasteiger partial charge is 0.306 e. The number of unbranched alkanes of at least 4 members (excludes halogenated alkanes) is 24. The van der Waals surface area contributed by atoms with Crippen LogP contribution in [0.5, 0.6) is 0 Å². The number of esters is 1. The van der Waals surface area contributed by atoms with Gasteiger partial charge < -0.3 is 45.1 Å². The van der Waals surface area contributed by atoms with E-state index in [0.29, 0.717) is 12.8 Å². The van der Waals surface area contributed by atoms with Crippen LogP contribution in [-0.2, 0) is 23.8 Å². The maximum Gasteiger partial charge on any atom is 0.306 e. The summed E-state index contributed by atoms with van der Waals surface area (Å²) in [7, 11) is 0. The van der Waals surface area contributed by atoms with Gasteiger partial charge in [-0.05, 0) is 70.6 Å². The fourth-order valence-corrected chi connectivity index (χ4v) is 8.11. The van der Waals surface area contributed by atoms with Gasteiger partial charge in [-0.2, -0.15) is 0 Å². The van der Waals surface area contributed by atoms with Crippen LogP contribution in [0.2, 0.25) is 0 Å². The van der Waals surface area contributed by atoms with E-state index in [9.17, 15) is 35.1 Å². The van der Waals surface area contributed by atoms with Gasteiger partial charge in [-0.25, -0.2) is 0 Å². The Hall–Kier alpha value is -2.64. The second-order valence-corrected chi connectivity index (χ2v) is 18.6. The SMILES string of the molecule is CC/C=C/C=C/C=C\CCCCCCC(O)C(=O)NC(COC1OC(CO)C(O)C(O)C1OC(=O)CCCCC/C=C\CCCCCCCCC)C(O)/C=C/CCCCCCCCCCCC. The molecule has 1 saturated heterocycles. The van der Waals surface area contributed by atoms with E-state index in [4.69, 9.17) is 14.2 Å². The highest BCUT2D eigenvalue weighted by molar-refractivity contribution is 5.80. The van der Waals surface area contributed by atoms with Crippen LogP contribution in [0.3, 0.4) is 0 Å². The highest BCUT2D eigenvalue weighted by atomic mass is 16.7. The van der Waals surface area contributed by atoms with Crippen LogP contribution in [0.25, 0.3) is 0 Å². The van der Waals surface area contributed by atoms with Crippen molar-refractivity contribution in [3.8, 4) is 0 Å². The molecule has 0 aromatic carbocycles. The second kappa shape index (κ2) is 44.6. The Morgan fingerprint density at radius 3 is 1.64 bits per heavy atom. The first-order valence-corrected chi connectivity index (χ1v) is 27.1. The van der Waals surface area contributed by atoms with Crippen molar-refractivity contribution in [2.24, 2.45) is 0 Å². The number of ether oxygens (including phenoxy) is 3. The number of allylic oxidation sites excluding steroid dienone is 9. The number of rotatable bonds is 44. The molecular formula is C56H99NO10. The molecule has 6 N–H and O–H groups in total. The van der Waals surface area contributed by atoms with Gasteiger partial charge in [-0.3, -0.25) is 9.59 Å². The van der Waals surface area contributed by atoms with Gasteiger partial charge in [0.05, 0.1) is 25.4 Å². The minimum atomic E-state index is -1.62. The van der Waals surface area contributed by atoms with Crippen molar-refractivity contribution in [1.29, 1.82) is 0 Å². The molecular weight excluding hydrogens is 847 g/mol. The molecule has 0 aromatic rings. The molecule has 1 amide bonds. The standard InChI is InChI=1S/C56H99NO10/c1-4-7-10-13-16-19-22-25-26-29-32-35-38-41-44-51(61)67-54-53(63)52(62)50(45-58)66-56(54)65-46-47(48(59)42-39-36-33-30-27-23-20-17-14-11-8-5-2)57-55(64)49(60)43-40-37-34-31-28-24-21-18-15-12-9-6-3/h9,12,15,18,21,24,26,29,39,42,47-50,52-54,56,58-60,62-63H,4-8,10-11,13-14,16-17,19-20,22-23,25,27-28,30-38,40-41,43-46H2,1-3H3,(H,57,64)/b12-9+,18-15+,24-21-,29-26-,42-39+. The van der Waals surface area contributed by atoms with Crippen molar-refractivity contribution in [3.05, 3.63) is 60.8 Å². The predicted molar refractivity (Wildman–Crippen MR) is 273 cm³/mol. The second-order valence-electron chi connectivity index (χ2n) is 18.6. The molecule has 0 radical (unpaired) electrons. The average Bonchev–Trinajstić information content (AvgIpc) is 3.32. The Morgan fingerprint density at radius 1 is 0.597 bits per heavy atom. The van der Waals surface area contributed by atoms with E-state index >= 15 is 0 Å². The quantitative estimate of drug-likeness (QED) is 0.0149. The summed E-state index contributed by atoms with van der Waals surface area (Å²) in [5.41, 5.74) is 0. The third-order valence-electron chi connectivity index (χ3n) is 12.5. The van der Waals surface area contributed by atoms with Crippen LogP contribution >= 0.6 is 0 Å². The van der Waals surface area contributed by atoms with E-state index < -0.39 is 67.4 Å². The fourth-order valence-electron chi connectivity index (χ4n) is 8.11. The van der Waals surface area contributed by atoms with Crippen LogP contribution in [0.15, 0.2) is 60.8 Å². The zero-order valence-corrected chi connectivity index (χ0v) is 42.5. The van der Waals surface area contributed by atoms with Crippen molar-refractivity contribution in [3.63, 3.8) is 0 Å². The molecule has 67 heavy (non-hydrogen) atoms. The van der Waals surface area contributed by atoms with Crippen molar-refractivity contribution < 1.29 is 49.3 Å². The Labute approximate surface area is 408 Å². The fraction of sp³-hybridized carbons (Fsp3) is 0.786. The number of nitrogens with one attached hydrogen (secondary N) is 1. The summed E-state index contributed by atoms with van der Waals surface area (Å²) >= 11 is 0. The molecule has 8 atom stereocenters. The summed E-state index contributed by atoms with van der Waals surface area (Å²) in [6.07, 6.45) is 42.7. The number of hydrogen-bond acceptors (Lipinski definition) is 10. The molecule has 1 fully saturated rings. The Bertz CT molecular complexity index is 1320. The highest BCUT2D eigenvalue weighted by Gasteiger charge is 2.47. The van der Waals surface area contributed by atoms with Gasteiger partial charge in [0.25, 0.3) is 0 Å². The highest BCUT2D eigenvalue weighted by Crippen LogP contribution is 2.26. The van der Waals surface area contributed by atoms with E-state index in [2.05, 4.69) is 50.4 Å². The summed E-state index contributed by atoms with van der Waals surface area (Å²) in [4.78, 5) is 26.3. The predicted octanol–water partition coefficient (Wildman–Crippen LogP) is 11.5. The minimum Gasteiger partial charge on any atom is -0.454 e. The molecule has 1 rings (SSSR count). The molecule has 0 spiro atoms. The lowest BCUT2D eigenvalue weighted by molar-refractivity contribution is -0.305. The third kappa shape index (κ3) is 33.5. The van der Waals surface area contributed by atoms with Crippen LogP contribution < -0.4 is 5.32 Å². The summed E-state index contributed by atoms with van der Waals surface area (Å²) in [6, 6.07) is -1.04. The molecule has 11 heteroatoms. The molecule has 8 unspecified atom stereocenters. The molecule has 1 aliphatic heterocycles. The molecule has 11 nitrogen and oxygen atoms in total. The van der Waals surface area contributed by atoms with E-state index in [1.807, 2.05) is 30.4 Å². The number of carbonyl (C=O) groups excluding carboxylic acids is 2. The molecule has 1 heterocycles. The maximum absolute atomic E-state index is 13.3. The average molecular weight is 946 g/mol. The molecule has 0 saturated carbocycles. The molecule has 1 aliphatic rings. The van der Waals surface area contributed by atoms with E-state index in [1.165, 1.54) is 96.3 Å². The van der Waals surface area contributed by atoms with Crippen molar-refractivity contribution in [2.45, 2.75) is 269 Å². The minimum absolute atomic E-state index is 0.0994. The van der Waals surface area contributed by atoms with E-state index in [1.54, 1.807) is 6.08 Å². The van der Waals surface area contributed by atoms with Crippen LogP contribution in [0.4, 0.5) is 0 Å². The zero-order valence-electron chi connectivity index (χ0n) is 42.5. The lowest BCUT2D eigenvalue weighted by Gasteiger charge is -2.41. The molecule has 0 bridgehead atoms. The lowest BCUT2D eigenvalue weighted by Crippen LogP contribution is -2.61. The number of aliphatic hydroxyl groups is 5. The molecule has 0 aromatic heterocycles. The van der Waals surface area contributed by atoms with Crippen LogP contribution in [0.1, 0.15) is 220 Å². The van der Waals surface area contributed by atoms with Gasteiger partial charge in [-0.1, -0.05) is 204 Å². The van der Waals surface area contributed by atoms with Gasteiger partial charge in [0.15, 0.2) is 12.4 Å². The maximum atomic E-state index is 13.3. The van der Waals surface area contributed by atoms with Crippen molar-refractivity contribution in [2.75, 3.05) is 13.2 Å². The summed E-state index contributed by atoms with van der Waals surface area (Å²) in [5, 5.41) is 56.6. The van der Waals surface area contributed by atoms with Crippen LogP contribution in [-0.4, -0.2) is 99.6 Å². The van der Waals surface area contributed by atoms with Gasteiger partial charge in [0, 0.05) is 6.42 Å². The van der Waals surface area contributed by atoms with Gasteiger partial charge in [0.1, 0.15) is 24.4 Å². The van der Waals surface area contributed by atoms with Crippen molar-refractivity contribution in [1.82, 2.24) is 5.32 Å². The van der Waals surface area contributed by atoms with Gasteiger partial charge in [-0.15, -0.1) is 0 Å². The number of aliphatic hydroxyl groups excluding tert-OH is 5. The van der Waals surface area contributed by atoms with Crippen molar-refractivity contribution >= 4 is 11.9 Å². The van der Waals surface area contributed by atoms with Gasteiger partial charge >= 0.3 is 5.97 Å². The van der Waals surface area contributed by atoms with Gasteiger partial charge in [0.2, 0.25) is 5.91 Å². The summed E-state index contributed by atoms with van der Waals surface area (Å²) < 4.78 is 17.5. The van der Waals surface area contributed by atoms with E-state index in [0.717, 1.165) is 77.0 Å². The topological polar surface area (TPSA) is 175 Å². The lowest BCUT2D eigenvalue weighted by atomic mass is 9.99. The first-order chi connectivity index (χ1) is 32.7. The number of hydrogen-bond donors (Lipinski definition) is 6. The Kier molecular flexibility index (Phi) is 41.5. The monoisotopic (exact) mass is 946 g/mol. The number of amides is 1. The first kappa shape index (κ1) is 62.4. The molecule has 0 aliphatic carbocycles. The largest absolute Gasteiger partial charge is 0.454 e. The summed E-state index contributed by atoms with van der Waals surface area (Å²) in [6.45, 7) is 5.59. The Morgan fingerprint density at radius 2 is 1.09 bits per heavy atom. The Balaban J connectivity index is 2.79. The third-order valence-corrected chi connectivity index (χ3v) is 12.5. The number of carbonyl (C=O) groups is 2. The van der Waals surface area contributed by atoms with E-state index in [-0.39, 0.29) is 19.4 Å². The molecule has 388 valence electrons. The zero-order chi connectivity index (χ0) is 49.0. The van der Waals surface area contributed by atoms with Crippen LogP contribution in [0, 0.1) is 0 Å².